The predicted octanol–water partition coefficient (Wildman–Crippen LogP) is 1.83. The lowest BCUT2D eigenvalue weighted by molar-refractivity contribution is -0.117. The summed E-state index contributed by atoms with van der Waals surface area (Å²) >= 11 is 0. The minimum absolute atomic E-state index is 0.284. The van der Waals surface area contributed by atoms with Crippen molar-refractivity contribution in [2.24, 2.45) is 0 Å². The second-order valence-corrected chi connectivity index (χ2v) is 4.26. The summed E-state index contributed by atoms with van der Waals surface area (Å²) in [4.78, 5) is 13.7. The Morgan fingerprint density at radius 3 is 2.93 bits per heavy atom. The number of carbonyl (C=O) groups is 1. The highest BCUT2D eigenvalue weighted by molar-refractivity contribution is 6.02. The van der Waals surface area contributed by atoms with Crippen LogP contribution in [0.5, 0.6) is 0 Å². The SMILES string of the molecule is Cc1cc2c3c(c1)CC(=O)N3CCC2. The third-order valence-corrected chi connectivity index (χ3v) is 3.15. The van der Waals surface area contributed by atoms with Gasteiger partial charge in [-0.1, -0.05) is 17.7 Å². The number of hydrogen-bond donors (Lipinski definition) is 0. The zero-order valence-electron chi connectivity index (χ0n) is 8.34. The lowest BCUT2D eigenvalue weighted by atomic mass is 9.97. The zero-order chi connectivity index (χ0) is 9.71. The number of hydrogen-bond acceptors (Lipinski definition) is 1. The summed E-state index contributed by atoms with van der Waals surface area (Å²) in [6.07, 6.45) is 2.86. The second-order valence-electron chi connectivity index (χ2n) is 4.26. The summed E-state index contributed by atoms with van der Waals surface area (Å²) in [5.74, 6) is 0.284. The van der Waals surface area contributed by atoms with E-state index in [2.05, 4.69) is 19.1 Å². The maximum Gasteiger partial charge on any atom is 0.231 e. The van der Waals surface area contributed by atoms with E-state index < -0.39 is 0 Å². The fourth-order valence-electron chi connectivity index (χ4n) is 2.65. The monoisotopic (exact) mass is 187 g/mol. The fourth-order valence-corrected chi connectivity index (χ4v) is 2.65. The zero-order valence-corrected chi connectivity index (χ0v) is 8.34. The van der Waals surface area contributed by atoms with Crippen LogP contribution in [0.15, 0.2) is 12.1 Å². The smallest absolute Gasteiger partial charge is 0.231 e. The second kappa shape index (κ2) is 2.59. The van der Waals surface area contributed by atoms with Gasteiger partial charge in [0.15, 0.2) is 0 Å². The van der Waals surface area contributed by atoms with Crippen molar-refractivity contribution in [2.75, 3.05) is 11.4 Å². The molecule has 2 heterocycles. The number of anilines is 1. The van der Waals surface area contributed by atoms with Crippen LogP contribution in [0.2, 0.25) is 0 Å². The Labute approximate surface area is 83.5 Å². The molecule has 0 atom stereocenters. The summed E-state index contributed by atoms with van der Waals surface area (Å²) in [5.41, 5.74) is 5.13. The first-order chi connectivity index (χ1) is 6.75. The van der Waals surface area contributed by atoms with Gasteiger partial charge in [0.1, 0.15) is 0 Å². The first-order valence-electron chi connectivity index (χ1n) is 5.18. The Kier molecular flexibility index (Phi) is 1.49. The van der Waals surface area contributed by atoms with Crippen LogP contribution in [-0.4, -0.2) is 12.5 Å². The average Bonchev–Trinajstić information content (AvgIpc) is 2.45. The normalized spacial score (nSPS) is 18.6. The highest BCUT2D eigenvalue weighted by Crippen LogP contribution is 2.37. The Hall–Kier alpha value is -1.31. The van der Waals surface area contributed by atoms with Crippen molar-refractivity contribution in [1.29, 1.82) is 0 Å². The van der Waals surface area contributed by atoms with Gasteiger partial charge in [0, 0.05) is 6.54 Å². The highest BCUT2D eigenvalue weighted by atomic mass is 16.2. The lowest BCUT2D eigenvalue weighted by Gasteiger charge is -2.25. The van der Waals surface area contributed by atoms with Gasteiger partial charge < -0.3 is 4.90 Å². The summed E-state index contributed by atoms with van der Waals surface area (Å²) in [5, 5.41) is 0. The summed E-state index contributed by atoms with van der Waals surface area (Å²) < 4.78 is 0. The molecule has 1 aromatic carbocycles. The molecule has 72 valence electrons. The molecule has 0 radical (unpaired) electrons. The van der Waals surface area contributed by atoms with E-state index in [4.69, 9.17) is 0 Å². The van der Waals surface area contributed by atoms with Gasteiger partial charge in [-0.3, -0.25) is 4.79 Å². The standard InChI is InChI=1S/C12H13NO/c1-8-5-9-3-2-4-13-11(14)7-10(6-8)12(9)13/h5-6H,2-4,7H2,1H3. The molecule has 14 heavy (non-hydrogen) atoms. The minimum Gasteiger partial charge on any atom is -0.312 e. The Balaban J connectivity index is 2.26. The molecule has 1 aromatic rings. The predicted molar refractivity (Wildman–Crippen MR) is 55.6 cm³/mol. The molecule has 1 amide bonds. The quantitative estimate of drug-likeness (QED) is 0.606. The molecule has 0 aliphatic carbocycles. The van der Waals surface area contributed by atoms with Crippen molar-refractivity contribution in [1.82, 2.24) is 0 Å². The molecule has 2 aliphatic heterocycles. The molecule has 0 N–H and O–H groups in total. The molecule has 0 saturated heterocycles. The van der Waals surface area contributed by atoms with Crippen LogP contribution in [0.4, 0.5) is 5.69 Å². The Morgan fingerprint density at radius 1 is 1.29 bits per heavy atom. The van der Waals surface area contributed by atoms with Crippen LogP contribution in [0.3, 0.4) is 0 Å². The summed E-state index contributed by atoms with van der Waals surface area (Å²) in [6.45, 7) is 3.03. The van der Waals surface area contributed by atoms with Gasteiger partial charge in [-0.2, -0.15) is 0 Å². The molecule has 0 unspecified atom stereocenters. The number of nitrogens with zero attached hydrogens (tertiary/aromatic N) is 1. The van der Waals surface area contributed by atoms with Crippen LogP contribution in [0.25, 0.3) is 0 Å². The van der Waals surface area contributed by atoms with Gasteiger partial charge in [-0.15, -0.1) is 0 Å². The van der Waals surface area contributed by atoms with Crippen LogP contribution in [0.1, 0.15) is 23.1 Å². The average molecular weight is 187 g/mol. The van der Waals surface area contributed by atoms with Crippen molar-refractivity contribution in [3.8, 4) is 0 Å². The van der Waals surface area contributed by atoms with Crippen molar-refractivity contribution in [3.63, 3.8) is 0 Å². The molecule has 0 spiro atoms. The van der Waals surface area contributed by atoms with E-state index in [0.29, 0.717) is 6.42 Å². The third-order valence-electron chi connectivity index (χ3n) is 3.15. The van der Waals surface area contributed by atoms with E-state index in [1.807, 2.05) is 4.90 Å². The number of benzene rings is 1. The Bertz CT molecular complexity index is 423. The Morgan fingerprint density at radius 2 is 2.07 bits per heavy atom. The third kappa shape index (κ3) is 0.939. The van der Waals surface area contributed by atoms with Gasteiger partial charge in [-0.05, 0) is 30.9 Å². The number of aryl methyl sites for hydroxylation is 2. The summed E-state index contributed by atoms with van der Waals surface area (Å²) in [7, 11) is 0. The first-order valence-corrected chi connectivity index (χ1v) is 5.18. The molecule has 2 heteroatoms. The van der Waals surface area contributed by atoms with E-state index in [1.165, 1.54) is 22.4 Å². The van der Waals surface area contributed by atoms with Gasteiger partial charge in [0.25, 0.3) is 0 Å². The van der Waals surface area contributed by atoms with E-state index in [0.717, 1.165) is 19.4 Å². The molecular weight excluding hydrogens is 174 g/mol. The topological polar surface area (TPSA) is 20.3 Å². The van der Waals surface area contributed by atoms with Crippen LogP contribution in [-0.2, 0) is 17.6 Å². The molecule has 0 saturated carbocycles. The molecule has 0 fully saturated rings. The number of carbonyl (C=O) groups excluding carboxylic acids is 1. The van der Waals surface area contributed by atoms with E-state index in [9.17, 15) is 4.79 Å². The first kappa shape index (κ1) is 8.04. The van der Waals surface area contributed by atoms with Crippen molar-refractivity contribution >= 4 is 11.6 Å². The van der Waals surface area contributed by atoms with Crippen LogP contribution >= 0.6 is 0 Å². The maximum atomic E-state index is 11.7. The van der Waals surface area contributed by atoms with Crippen LogP contribution in [0, 0.1) is 6.92 Å². The highest BCUT2D eigenvalue weighted by Gasteiger charge is 2.31. The van der Waals surface area contributed by atoms with Crippen LogP contribution < -0.4 is 4.90 Å². The molecule has 2 aliphatic rings. The minimum atomic E-state index is 0.284. The molecule has 0 aromatic heterocycles. The molecule has 0 bridgehead atoms. The van der Waals surface area contributed by atoms with E-state index in [-0.39, 0.29) is 5.91 Å². The van der Waals surface area contributed by atoms with Gasteiger partial charge >= 0.3 is 0 Å². The fraction of sp³-hybridized carbons (Fsp3) is 0.417. The summed E-state index contributed by atoms with van der Waals surface area (Å²) in [6, 6.07) is 4.38. The van der Waals surface area contributed by atoms with E-state index >= 15 is 0 Å². The van der Waals surface area contributed by atoms with Crippen molar-refractivity contribution in [3.05, 3.63) is 28.8 Å². The van der Waals surface area contributed by atoms with Gasteiger partial charge in [0.05, 0.1) is 12.1 Å². The maximum absolute atomic E-state index is 11.7. The van der Waals surface area contributed by atoms with E-state index in [1.54, 1.807) is 0 Å². The van der Waals surface area contributed by atoms with Crippen molar-refractivity contribution < 1.29 is 4.79 Å². The largest absolute Gasteiger partial charge is 0.312 e. The van der Waals surface area contributed by atoms with Crippen molar-refractivity contribution in [2.45, 2.75) is 26.2 Å². The van der Waals surface area contributed by atoms with Gasteiger partial charge in [0.2, 0.25) is 5.91 Å². The molecule has 2 nitrogen and oxygen atoms in total. The molecule has 3 rings (SSSR count). The number of amides is 1. The number of rotatable bonds is 0. The molecular formula is C12H13NO. The van der Waals surface area contributed by atoms with Gasteiger partial charge in [-0.25, -0.2) is 0 Å². The lowest BCUT2D eigenvalue weighted by Crippen LogP contribution is -2.31.